The number of nitrogens with two attached hydrogens (primary N) is 2. The van der Waals surface area contributed by atoms with Crippen molar-refractivity contribution in [2.24, 2.45) is 17.4 Å². The fraction of sp³-hybridized carbons (Fsp3) is 0.882. The summed E-state index contributed by atoms with van der Waals surface area (Å²) in [5, 5.41) is 0. The summed E-state index contributed by atoms with van der Waals surface area (Å²) in [6.45, 7) is 12.2. The SMILES string of the molecule is C=C(N)N1CCCC1.CC.CCC1CCCCC1.CN. The van der Waals surface area contributed by atoms with Gasteiger partial charge in [0.25, 0.3) is 0 Å². The number of likely N-dealkylation sites (tertiary alicyclic amines) is 1. The van der Waals surface area contributed by atoms with Crippen LogP contribution >= 0.6 is 0 Å². The first-order valence-corrected chi connectivity index (χ1v) is 8.51. The van der Waals surface area contributed by atoms with Gasteiger partial charge in [-0.2, -0.15) is 0 Å². The van der Waals surface area contributed by atoms with Crippen molar-refractivity contribution in [3.8, 4) is 0 Å². The molecule has 1 aliphatic carbocycles. The van der Waals surface area contributed by atoms with E-state index < -0.39 is 0 Å². The Balaban J connectivity index is 0. The normalized spacial score (nSPS) is 17.8. The second-order valence-corrected chi connectivity index (χ2v) is 5.10. The van der Waals surface area contributed by atoms with Gasteiger partial charge in [-0.1, -0.05) is 65.9 Å². The minimum atomic E-state index is 0.725. The molecule has 0 radical (unpaired) electrons. The van der Waals surface area contributed by atoms with Gasteiger partial charge in [-0.05, 0) is 25.8 Å². The second kappa shape index (κ2) is 16.4. The van der Waals surface area contributed by atoms with Gasteiger partial charge in [-0.15, -0.1) is 0 Å². The highest BCUT2D eigenvalue weighted by molar-refractivity contribution is 4.88. The van der Waals surface area contributed by atoms with Crippen molar-refractivity contribution in [2.75, 3.05) is 20.1 Å². The quantitative estimate of drug-likeness (QED) is 0.803. The van der Waals surface area contributed by atoms with Gasteiger partial charge >= 0.3 is 0 Å². The Hall–Kier alpha value is -0.700. The third-order valence-electron chi connectivity index (χ3n) is 3.81. The van der Waals surface area contributed by atoms with Gasteiger partial charge in [0.1, 0.15) is 0 Å². The van der Waals surface area contributed by atoms with Crippen LogP contribution in [0.2, 0.25) is 0 Å². The van der Waals surface area contributed by atoms with E-state index in [1.165, 1.54) is 58.4 Å². The van der Waals surface area contributed by atoms with Gasteiger partial charge in [-0.3, -0.25) is 0 Å². The Morgan fingerprint density at radius 3 is 1.70 bits per heavy atom. The summed E-state index contributed by atoms with van der Waals surface area (Å²) in [5.41, 5.74) is 9.93. The maximum atomic E-state index is 5.43. The molecule has 2 rings (SSSR count). The molecule has 0 unspecified atom stereocenters. The van der Waals surface area contributed by atoms with Crippen LogP contribution in [0.1, 0.15) is 72.1 Å². The summed E-state index contributed by atoms with van der Waals surface area (Å²) < 4.78 is 0. The van der Waals surface area contributed by atoms with Gasteiger partial charge in [0, 0.05) is 13.1 Å². The first-order chi connectivity index (χ1) is 9.74. The first kappa shape index (κ1) is 21.6. The molecule has 0 spiro atoms. The van der Waals surface area contributed by atoms with E-state index in [0.717, 1.165) is 24.8 Å². The number of rotatable bonds is 2. The van der Waals surface area contributed by atoms with Gasteiger partial charge < -0.3 is 16.4 Å². The lowest BCUT2D eigenvalue weighted by molar-refractivity contribution is 0.349. The van der Waals surface area contributed by atoms with E-state index in [1.807, 2.05) is 13.8 Å². The minimum absolute atomic E-state index is 0.725. The minimum Gasteiger partial charge on any atom is -0.386 e. The van der Waals surface area contributed by atoms with Crippen molar-refractivity contribution in [3.63, 3.8) is 0 Å². The molecule has 0 aromatic rings. The zero-order valence-corrected chi connectivity index (χ0v) is 14.5. The molecule has 122 valence electrons. The Morgan fingerprint density at radius 2 is 1.45 bits per heavy atom. The molecule has 20 heavy (non-hydrogen) atoms. The van der Waals surface area contributed by atoms with Crippen molar-refractivity contribution in [1.29, 1.82) is 0 Å². The lowest BCUT2D eigenvalue weighted by Crippen LogP contribution is -2.22. The molecular weight excluding hydrogens is 246 g/mol. The number of hydrogen-bond acceptors (Lipinski definition) is 3. The smallest absolute Gasteiger partial charge is 0.0912 e. The fourth-order valence-electron chi connectivity index (χ4n) is 2.60. The van der Waals surface area contributed by atoms with E-state index in [0.29, 0.717) is 0 Å². The molecule has 0 amide bonds. The molecular formula is C17H39N3. The summed E-state index contributed by atoms with van der Waals surface area (Å²) in [5.74, 6) is 1.81. The maximum Gasteiger partial charge on any atom is 0.0912 e. The monoisotopic (exact) mass is 285 g/mol. The van der Waals surface area contributed by atoms with Crippen LogP contribution in [0.5, 0.6) is 0 Å². The van der Waals surface area contributed by atoms with Gasteiger partial charge in [-0.25, -0.2) is 0 Å². The zero-order valence-electron chi connectivity index (χ0n) is 14.5. The van der Waals surface area contributed by atoms with Crippen LogP contribution in [0.4, 0.5) is 0 Å². The summed E-state index contributed by atoms with van der Waals surface area (Å²) in [7, 11) is 1.50. The van der Waals surface area contributed by atoms with E-state index in [2.05, 4.69) is 24.1 Å². The fourth-order valence-corrected chi connectivity index (χ4v) is 2.60. The van der Waals surface area contributed by atoms with Crippen LogP contribution in [-0.2, 0) is 0 Å². The summed E-state index contributed by atoms with van der Waals surface area (Å²) in [6, 6.07) is 0. The third-order valence-corrected chi connectivity index (χ3v) is 3.81. The molecule has 3 heteroatoms. The molecule has 1 heterocycles. The lowest BCUT2D eigenvalue weighted by Gasteiger charge is -2.18. The first-order valence-electron chi connectivity index (χ1n) is 8.51. The highest BCUT2D eigenvalue weighted by Crippen LogP contribution is 2.25. The van der Waals surface area contributed by atoms with Crippen molar-refractivity contribution < 1.29 is 0 Å². The topological polar surface area (TPSA) is 55.3 Å². The molecule has 2 fully saturated rings. The Bertz CT molecular complexity index is 192. The molecule has 0 atom stereocenters. The van der Waals surface area contributed by atoms with Crippen LogP contribution < -0.4 is 11.5 Å². The lowest BCUT2D eigenvalue weighted by atomic mass is 9.88. The molecule has 3 nitrogen and oxygen atoms in total. The second-order valence-electron chi connectivity index (χ2n) is 5.10. The molecule has 1 saturated carbocycles. The van der Waals surface area contributed by atoms with Crippen LogP contribution in [0.3, 0.4) is 0 Å². The van der Waals surface area contributed by atoms with E-state index in [9.17, 15) is 0 Å². The highest BCUT2D eigenvalue weighted by Gasteiger charge is 2.10. The van der Waals surface area contributed by atoms with E-state index in [-0.39, 0.29) is 0 Å². The van der Waals surface area contributed by atoms with Gasteiger partial charge in [0.2, 0.25) is 0 Å². The zero-order chi connectivity index (χ0) is 15.8. The molecule has 0 aromatic heterocycles. The molecule has 1 aliphatic heterocycles. The van der Waals surface area contributed by atoms with Crippen molar-refractivity contribution in [1.82, 2.24) is 4.90 Å². The Kier molecular flexibility index (Phi) is 17.7. The summed E-state index contributed by atoms with van der Waals surface area (Å²) in [6.07, 6.45) is 11.5. The highest BCUT2D eigenvalue weighted by atomic mass is 15.2. The molecule has 4 N–H and O–H groups in total. The van der Waals surface area contributed by atoms with Crippen LogP contribution in [0, 0.1) is 5.92 Å². The van der Waals surface area contributed by atoms with Crippen LogP contribution in [-0.4, -0.2) is 25.0 Å². The predicted molar refractivity (Wildman–Crippen MR) is 92.5 cm³/mol. The van der Waals surface area contributed by atoms with Crippen molar-refractivity contribution in [3.05, 3.63) is 12.4 Å². The third kappa shape index (κ3) is 11.2. The number of hydrogen-bond donors (Lipinski definition) is 2. The van der Waals surface area contributed by atoms with E-state index in [4.69, 9.17) is 5.73 Å². The van der Waals surface area contributed by atoms with E-state index >= 15 is 0 Å². The maximum absolute atomic E-state index is 5.43. The van der Waals surface area contributed by atoms with Crippen LogP contribution in [0.15, 0.2) is 12.4 Å². The molecule has 0 bridgehead atoms. The predicted octanol–water partition coefficient (Wildman–Crippen LogP) is 4.09. The van der Waals surface area contributed by atoms with Crippen molar-refractivity contribution >= 4 is 0 Å². The molecule has 1 saturated heterocycles. The molecule has 0 aromatic carbocycles. The largest absolute Gasteiger partial charge is 0.386 e. The van der Waals surface area contributed by atoms with Crippen molar-refractivity contribution in [2.45, 2.75) is 72.1 Å². The van der Waals surface area contributed by atoms with Crippen LogP contribution in [0.25, 0.3) is 0 Å². The van der Waals surface area contributed by atoms with Gasteiger partial charge in [0.15, 0.2) is 0 Å². The standard InChI is InChI=1S/C8H16.C6H12N2.C2H6.CH5N/c1-2-8-6-4-3-5-7-8;1-6(7)8-4-2-3-5-8;2*1-2/h8H,2-7H2,1H3;1-5,7H2;1-2H3;2H2,1H3. The Morgan fingerprint density at radius 1 is 1.00 bits per heavy atom. The van der Waals surface area contributed by atoms with Gasteiger partial charge in [0.05, 0.1) is 5.82 Å². The summed E-state index contributed by atoms with van der Waals surface area (Å²) in [4.78, 5) is 2.11. The molecule has 2 aliphatic rings. The average Bonchev–Trinajstić information content (AvgIpc) is 3.07. The Labute approximate surface area is 127 Å². The average molecular weight is 286 g/mol. The number of nitrogens with zero attached hydrogens (tertiary/aromatic N) is 1. The summed E-state index contributed by atoms with van der Waals surface area (Å²) >= 11 is 0. The van der Waals surface area contributed by atoms with E-state index in [1.54, 1.807) is 0 Å².